The highest BCUT2D eigenvalue weighted by atomic mass is 16.1. The van der Waals surface area contributed by atoms with Crippen molar-refractivity contribution in [2.45, 2.75) is 13.8 Å². The summed E-state index contributed by atoms with van der Waals surface area (Å²) in [4.78, 5) is 18.3. The standard InChI is InChI=1S/C10H10N2O/c1-6-4-11-10-9(6)3-8(5-12-10)7(2)13/h3-5H,1-2H3,(H,11,12). The van der Waals surface area contributed by atoms with Gasteiger partial charge in [-0.25, -0.2) is 4.98 Å². The minimum Gasteiger partial charge on any atom is -0.346 e. The van der Waals surface area contributed by atoms with Crippen LogP contribution in [0.25, 0.3) is 11.0 Å². The molecule has 2 aromatic rings. The molecule has 0 amide bonds. The van der Waals surface area contributed by atoms with Crippen LogP contribution < -0.4 is 0 Å². The summed E-state index contributed by atoms with van der Waals surface area (Å²) in [6, 6.07) is 1.87. The fourth-order valence-electron chi connectivity index (χ4n) is 1.33. The Bertz CT molecular complexity index is 471. The van der Waals surface area contributed by atoms with E-state index in [0.29, 0.717) is 5.56 Å². The van der Waals surface area contributed by atoms with Gasteiger partial charge in [-0.15, -0.1) is 0 Å². The normalized spacial score (nSPS) is 10.6. The molecule has 0 spiro atoms. The molecule has 0 aliphatic carbocycles. The van der Waals surface area contributed by atoms with Crippen LogP contribution >= 0.6 is 0 Å². The summed E-state index contributed by atoms with van der Waals surface area (Å²) in [5, 5.41) is 1.02. The summed E-state index contributed by atoms with van der Waals surface area (Å²) in [6.45, 7) is 3.54. The van der Waals surface area contributed by atoms with E-state index in [4.69, 9.17) is 0 Å². The predicted octanol–water partition coefficient (Wildman–Crippen LogP) is 2.07. The van der Waals surface area contributed by atoms with Gasteiger partial charge in [0.05, 0.1) is 0 Å². The molecule has 1 N–H and O–H groups in total. The maximum Gasteiger partial charge on any atom is 0.161 e. The second-order valence-electron chi connectivity index (χ2n) is 3.15. The molecule has 0 radical (unpaired) electrons. The first-order chi connectivity index (χ1) is 6.18. The average molecular weight is 174 g/mol. The minimum atomic E-state index is 0.0509. The summed E-state index contributed by atoms with van der Waals surface area (Å²) in [7, 11) is 0. The van der Waals surface area contributed by atoms with E-state index in [1.54, 1.807) is 13.1 Å². The van der Waals surface area contributed by atoms with Crippen molar-refractivity contribution in [1.82, 2.24) is 9.97 Å². The molecule has 0 aliphatic heterocycles. The molecule has 0 bridgehead atoms. The Labute approximate surface area is 75.8 Å². The number of carbonyl (C=O) groups is 1. The zero-order valence-corrected chi connectivity index (χ0v) is 7.59. The summed E-state index contributed by atoms with van der Waals surface area (Å²) in [5.74, 6) is 0.0509. The van der Waals surface area contributed by atoms with Gasteiger partial charge in [-0.2, -0.15) is 0 Å². The number of aryl methyl sites for hydroxylation is 1. The van der Waals surface area contributed by atoms with Crippen molar-refractivity contribution in [3.63, 3.8) is 0 Å². The summed E-state index contributed by atoms with van der Waals surface area (Å²) >= 11 is 0. The van der Waals surface area contributed by atoms with Crippen LogP contribution in [0.3, 0.4) is 0 Å². The van der Waals surface area contributed by atoms with Crippen LogP contribution in [0.2, 0.25) is 0 Å². The fourth-order valence-corrected chi connectivity index (χ4v) is 1.33. The van der Waals surface area contributed by atoms with Crippen LogP contribution in [0, 0.1) is 6.92 Å². The van der Waals surface area contributed by atoms with Crippen molar-refractivity contribution in [3.05, 3.63) is 29.6 Å². The third-order valence-electron chi connectivity index (χ3n) is 2.14. The Morgan fingerprint density at radius 3 is 3.00 bits per heavy atom. The minimum absolute atomic E-state index is 0.0509. The third kappa shape index (κ3) is 1.22. The quantitative estimate of drug-likeness (QED) is 0.673. The first-order valence-electron chi connectivity index (χ1n) is 4.13. The number of hydrogen-bond donors (Lipinski definition) is 1. The van der Waals surface area contributed by atoms with Gasteiger partial charge >= 0.3 is 0 Å². The van der Waals surface area contributed by atoms with Crippen LogP contribution in [0.1, 0.15) is 22.8 Å². The van der Waals surface area contributed by atoms with Crippen molar-refractivity contribution < 1.29 is 4.79 Å². The number of Topliss-reactive ketones (excluding diaryl/α,β-unsaturated/α-hetero) is 1. The summed E-state index contributed by atoms with van der Waals surface area (Å²) < 4.78 is 0. The molecular weight excluding hydrogens is 164 g/mol. The zero-order valence-electron chi connectivity index (χ0n) is 7.59. The smallest absolute Gasteiger partial charge is 0.161 e. The van der Waals surface area contributed by atoms with Crippen LogP contribution in [0.4, 0.5) is 0 Å². The first kappa shape index (κ1) is 7.98. The maximum absolute atomic E-state index is 11.1. The fraction of sp³-hybridized carbons (Fsp3) is 0.200. The second kappa shape index (κ2) is 2.69. The molecule has 13 heavy (non-hydrogen) atoms. The number of aromatic amines is 1. The lowest BCUT2D eigenvalue weighted by Gasteiger charge is -1.95. The monoisotopic (exact) mass is 174 g/mol. The molecule has 3 heteroatoms. The predicted molar refractivity (Wildman–Crippen MR) is 50.8 cm³/mol. The van der Waals surface area contributed by atoms with E-state index in [0.717, 1.165) is 16.6 Å². The number of hydrogen-bond acceptors (Lipinski definition) is 2. The van der Waals surface area contributed by atoms with Crippen molar-refractivity contribution in [2.24, 2.45) is 0 Å². The zero-order chi connectivity index (χ0) is 9.42. The molecule has 2 rings (SSSR count). The Morgan fingerprint density at radius 2 is 2.31 bits per heavy atom. The van der Waals surface area contributed by atoms with E-state index in [9.17, 15) is 4.79 Å². The number of rotatable bonds is 1. The number of nitrogens with one attached hydrogen (secondary N) is 1. The van der Waals surface area contributed by atoms with Gasteiger partial charge in [0, 0.05) is 23.3 Å². The molecule has 0 unspecified atom stereocenters. The Kier molecular flexibility index (Phi) is 1.65. The topological polar surface area (TPSA) is 45.8 Å². The first-order valence-corrected chi connectivity index (χ1v) is 4.13. The molecular formula is C10H10N2O. The van der Waals surface area contributed by atoms with Crippen molar-refractivity contribution in [3.8, 4) is 0 Å². The van der Waals surface area contributed by atoms with Crippen molar-refractivity contribution in [1.29, 1.82) is 0 Å². The van der Waals surface area contributed by atoms with Gasteiger partial charge in [0.15, 0.2) is 5.78 Å². The van der Waals surface area contributed by atoms with Gasteiger partial charge in [-0.05, 0) is 25.5 Å². The number of aromatic nitrogens is 2. The third-order valence-corrected chi connectivity index (χ3v) is 2.14. The van der Waals surface area contributed by atoms with Gasteiger partial charge in [0.2, 0.25) is 0 Å². The lowest BCUT2D eigenvalue weighted by atomic mass is 10.1. The highest BCUT2D eigenvalue weighted by Crippen LogP contribution is 2.16. The number of ketones is 1. The molecule has 2 heterocycles. The van der Waals surface area contributed by atoms with Gasteiger partial charge in [-0.1, -0.05) is 0 Å². The number of H-pyrrole nitrogens is 1. The molecule has 0 aromatic carbocycles. The highest BCUT2D eigenvalue weighted by Gasteiger charge is 2.04. The van der Waals surface area contributed by atoms with E-state index in [2.05, 4.69) is 9.97 Å². The van der Waals surface area contributed by atoms with Crippen molar-refractivity contribution >= 4 is 16.8 Å². The number of pyridine rings is 1. The molecule has 0 aliphatic rings. The number of fused-ring (bicyclic) bond motifs is 1. The maximum atomic E-state index is 11.1. The molecule has 2 aromatic heterocycles. The van der Waals surface area contributed by atoms with E-state index in [-0.39, 0.29) is 5.78 Å². The Hall–Kier alpha value is -1.64. The average Bonchev–Trinajstić information content (AvgIpc) is 2.47. The Balaban J connectivity index is 2.72. The van der Waals surface area contributed by atoms with Crippen molar-refractivity contribution in [2.75, 3.05) is 0 Å². The van der Waals surface area contributed by atoms with Crippen LogP contribution in [0.5, 0.6) is 0 Å². The van der Waals surface area contributed by atoms with Crippen LogP contribution in [-0.4, -0.2) is 15.8 Å². The SMILES string of the molecule is CC(=O)c1cnc2[nH]cc(C)c2c1. The Morgan fingerprint density at radius 1 is 1.54 bits per heavy atom. The largest absolute Gasteiger partial charge is 0.346 e. The molecule has 0 saturated carbocycles. The lowest BCUT2D eigenvalue weighted by molar-refractivity contribution is 0.101. The molecule has 3 nitrogen and oxygen atoms in total. The molecule has 66 valence electrons. The van der Waals surface area contributed by atoms with Gasteiger partial charge in [0.1, 0.15) is 5.65 Å². The van der Waals surface area contributed by atoms with Gasteiger partial charge in [0.25, 0.3) is 0 Å². The highest BCUT2D eigenvalue weighted by molar-refractivity contribution is 5.97. The molecule has 0 fully saturated rings. The van der Waals surface area contributed by atoms with Gasteiger partial charge in [-0.3, -0.25) is 4.79 Å². The van der Waals surface area contributed by atoms with E-state index < -0.39 is 0 Å². The number of nitrogens with zero attached hydrogens (tertiary/aromatic N) is 1. The lowest BCUT2D eigenvalue weighted by Crippen LogP contribution is -1.92. The molecule has 0 atom stereocenters. The van der Waals surface area contributed by atoms with E-state index in [1.165, 1.54) is 0 Å². The number of carbonyl (C=O) groups excluding carboxylic acids is 1. The van der Waals surface area contributed by atoms with E-state index >= 15 is 0 Å². The van der Waals surface area contributed by atoms with Gasteiger partial charge < -0.3 is 4.98 Å². The van der Waals surface area contributed by atoms with Crippen LogP contribution in [-0.2, 0) is 0 Å². The second-order valence-corrected chi connectivity index (χ2v) is 3.15. The van der Waals surface area contributed by atoms with E-state index in [1.807, 2.05) is 19.2 Å². The molecule has 0 saturated heterocycles. The van der Waals surface area contributed by atoms with Crippen LogP contribution in [0.15, 0.2) is 18.5 Å². The summed E-state index contributed by atoms with van der Waals surface area (Å²) in [6.07, 6.45) is 3.49. The summed E-state index contributed by atoms with van der Waals surface area (Å²) in [5.41, 5.74) is 2.61.